The lowest BCUT2D eigenvalue weighted by atomic mass is 9.80. The average molecular weight is 633 g/mol. The Morgan fingerprint density at radius 3 is 2.02 bits per heavy atom. The van der Waals surface area contributed by atoms with E-state index >= 15 is 0 Å². The summed E-state index contributed by atoms with van der Waals surface area (Å²) >= 11 is 1.02. The third kappa shape index (κ3) is 5.40. The number of nitrogens with zero attached hydrogens (tertiary/aromatic N) is 4. The van der Waals surface area contributed by atoms with Gasteiger partial charge in [0.15, 0.2) is 9.74 Å². The molecule has 2 fully saturated rings. The van der Waals surface area contributed by atoms with Crippen molar-refractivity contribution >= 4 is 45.9 Å². The number of aliphatic hydroxyl groups excluding tert-OH is 1. The van der Waals surface area contributed by atoms with E-state index in [1.807, 2.05) is 0 Å². The third-order valence-corrected chi connectivity index (χ3v) is 9.96. The summed E-state index contributed by atoms with van der Waals surface area (Å²) in [6, 6.07) is 20.9. The minimum Gasteiger partial charge on any atom is -0.418 e. The van der Waals surface area contributed by atoms with Gasteiger partial charge in [-0.15, -0.1) is 0 Å². The van der Waals surface area contributed by atoms with Crippen molar-refractivity contribution in [2.24, 2.45) is 5.41 Å². The van der Waals surface area contributed by atoms with Crippen LogP contribution in [-0.2, 0) is 16.2 Å². The molecule has 0 saturated carbocycles. The van der Waals surface area contributed by atoms with E-state index in [9.17, 15) is 29.5 Å². The molecule has 0 aliphatic carbocycles. The van der Waals surface area contributed by atoms with Crippen LogP contribution in [0.3, 0.4) is 0 Å². The largest absolute Gasteiger partial charge is 0.418 e. The number of aliphatic hydroxyl groups is 1. The summed E-state index contributed by atoms with van der Waals surface area (Å²) in [5.41, 5.74) is -0.605. The molecule has 0 bridgehead atoms. The molecule has 0 radical (unpaired) electrons. The van der Waals surface area contributed by atoms with Gasteiger partial charge in [0.25, 0.3) is 11.8 Å². The van der Waals surface area contributed by atoms with Crippen molar-refractivity contribution in [2.45, 2.75) is 42.7 Å². The van der Waals surface area contributed by atoms with Crippen molar-refractivity contribution in [3.63, 3.8) is 0 Å². The van der Waals surface area contributed by atoms with Crippen molar-refractivity contribution < 1.29 is 33.8 Å². The summed E-state index contributed by atoms with van der Waals surface area (Å²) in [6.45, 7) is 2.71. The number of benzene rings is 2. The highest BCUT2D eigenvalue weighted by Crippen LogP contribution is 2.62. The molecule has 11 nitrogen and oxygen atoms in total. The van der Waals surface area contributed by atoms with E-state index in [1.54, 1.807) is 79.7 Å². The number of para-hydroxylation sites is 2. The molecule has 2 saturated heterocycles. The number of piperazine rings is 1. The zero-order chi connectivity index (χ0) is 31.7. The number of hydrogen-bond donors (Lipinski definition) is 1. The molecular formula is C31H28N4O7S2. The fourth-order valence-corrected chi connectivity index (χ4v) is 7.68. The molecule has 3 heterocycles. The number of thioether (sulfide) groups is 2. The molecule has 5 rings (SSSR count). The fraction of sp³-hybridized carbons (Fsp3) is 0.290. The number of pyridine rings is 1. The molecule has 13 heteroatoms. The predicted molar refractivity (Wildman–Crippen MR) is 162 cm³/mol. The summed E-state index contributed by atoms with van der Waals surface area (Å²) < 4.78 is 10.9. The number of likely N-dealkylation sites (N-methyl/N-ethyl adjacent to an activating group) is 1. The Labute approximate surface area is 262 Å². The Balaban J connectivity index is 1.59. The first-order valence-corrected chi connectivity index (χ1v) is 15.1. The molecule has 1 unspecified atom stereocenters. The number of fused-ring (bicyclic) bond motifs is 1. The molecule has 3 aromatic rings. The summed E-state index contributed by atoms with van der Waals surface area (Å²) in [5, 5.41) is 18.3. The smallest absolute Gasteiger partial charge is 0.375 e. The molecule has 1 aromatic heterocycles. The number of aromatic nitrogens is 1. The van der Waals surface area contributed by atoms with Gasteiger partial charge >= 0.3 is 10.6 Å². The predicted octanol–water partition coefficient (Wildman–Crippen LogP) is 5.13. The standard InChI is InChI=1S/C31H28N4O7S2/c1-29(19-32)18-31(44-28(40)42-23-12-8-5-9-13-23)26(38)34(3)30(2,43-27(39)41-22-10-6-4-7-11-22)25(37)35(31)24(29)20-14-15-21(17-36)33-16-20/h4-16,24,36H,17-18H2,1-3H3/t24?,29-,30+,31+/m1/s1. The number of carbonyl (C=O) groups excluding carboxylic acids is 4. The van der Waals surface area contributed by atoms with Gasteiger partial charge in [-0.25, -0.2) is 9.59 Å². The van der Waals surface area contributed by atoms with E-state index in [0.29, 0.717) is 34.8 Å². The second-order valence-electron chi connectivity index (χ2n) is 10.7. The lowest BCUT2D eigenvalue weighted by Crippen LogP contribution is -2.71. The van der Waals surface area contributed by atoms with Crippen LogP contribution in [0.5, 0.6) is 11.5 Å². The molecule has 4 atom stereocenters. The first-order chi connectivity index (χ1) is 21.0. The Kier molecular flexibility index (Phi) is 8.44. The van der Waals surface area contributed by atoms with Gasteiger partial charge in [-0.3, -0.25) is 14.6 Å². The number of nitriles is 1. The van der Waals surface area contributed by atoms with Gasteiger partial charge in [0.05, 0.1) is 29.8 Å². The van der Waals surface area contributed by atoms with E-state index in [1.165, 1.54) is 25.1 Å². The normalized spacial score (nSPS) is 26.1. The van der Waals surface area contributed by atoms with E-state index in [0.717, 1.165) is 4.90 Å². The summed E-state index contributed by atoms with van der Waals surface area (Å²) in [7, 11) is 1.37. The lowest BCUT2D eigenvalue weighted by molar-refractivity contribution is -0.163. The highest BCUT2D eigenvalue weighted by molar-refractivity contribution is 8.15. The van der Waals surface area contributed by atoms with E-state index in [4.69, 9.17) is 9.47 Å². The number of hydrogen-bond acceptors (Lipinski definition) is 11. The Morgan fingerprint density at radius 2 is 1.52 bits per heavy atom. The van der Waals surface area contributed by atoms with Gasteiger partial charge in [-0.2, -0.15) is 5.26 Å². The van der Waals surface area contributed by atoms with Crippen LogP contribution in [0.15, 0.2) is 79.0 Å². The molecule has 0 spiro atoms. The first kappa shape index (κ1) is 31.1. The summed E-state index contributed by atoms with van der Waals surface area (Å²) in [4.78, 5) is 58.5. The third-order valence-electron chi connectivity index (χ3n) is 7.76. The minimum absolute atomic E-state index is 0.221. The SMILES string of the molecule is CN1C(=O)[C@@]2(SC(=O)Oc3ccccc3)C[C@](C)(C#N)C(c3ccc(CO)nc3)N2C(=O)[C@]1(C)SC(=O)Oc1ccccc1. The Morgan fingerprint density at radius 1 is 0.955 bits per heavy atom. The van der Waals surface area contributed by atoms with Crippen LogP contribution in [0.2, 0.25) is 0 Å². The average Bonchev–Trinajstić information content (AvgIpc) is 3.29. The van der Waals surface area contributed by atoms with Crippen LogP contribution in [0.25, 0.3) is 0 Å². The van der Waals surface area contributed by atoms with Crippen molar-refractivity contribution in [3.05, 3.63) is 90.3 Å². The van der Waals surface area contributed by atoms with Crippen molar-refractivity contribution in [1.82, 2.24) is 14.8 Å². The highest BCUT2D eigenvalue weighted by atomic mass is 32.2. The molecule has 2 aromatic carbocycles. The van der Waals surface area contributed by atoms with Gasteiger partial charge < -0.3 is 24.4 Å². The second kappa shape index (κ2) is 12.0. The van der Waals surface area contributed by atoms with Crippen molar-refractivity contribution in [3.8, 4) is 17.6 Å². The van der Waals surface area contributed by atoms with Gasteiger partial charge in [-0.05, 0) is 73.3 Å². The molecule has 2 aliphatic rings. The molecule has 2 amide bonds. The van der Waals surface area contributed by atoms with Crippen LogP contribution in [0, 0.1) is 16.7 Å². The Hall–Kier alpha value is -4.38. The number of amides is 2. The van der Waals surface area contributed by atoms with Crippen LogP contribution in [0.4, 0.5) is 9.59 Å². The van der Waals surface area contributed by atoms with Crippen molar-refractivity contribution in [2.75, 3.05) is 7.05 Å². The second-order valence-corrected chi connectivity index (χ2v) is 13.2. The van der Waals surface area contributed by atoms with Crippen LogP contribution < -0.4 is 9.47 Å². The van der Waals surface area contributed by atoms with Gasteiger partial charge in [-0.1, -0.05) is 42.5 Å². The van der Waals surface area contributed by atoms with Gasteiger partial charge in [0.1, 0.15) is 11.5 Å². The van der Waals surface area contributed by atoms with Gasteiger partial charge in [0.2, 0.25) is 0 Å². The van der Waals surface area contributed by atoms with Gasteiger partial charge in [0, 0.05) is 19.7 Å². The fourth-order valence-electron chi connectivity index (χ4n) is 5.52. The number of rotatable bonds is 6. The molecule has 1 N–H and O–H groups in total. The van der Waals surface area contributed by atoms with Crippen molar-refractivity contribution in [1.29, 1.82) is 5.26 Å². The van der Waals surface area contributed by atoms with E-state index < -0.39 is 43.6 Å². The van der Waals surface area contributed by atoms with E-state index in [2.05, 4.69) is 11.1 Å². The molecule has 226 valence electrons. The zero-order valence-electron chi connectivity index (χ0n) is 24.0. The molecular weight excluding hydrogens is 604 g/mol. The van der Waals surface area contributed by atoms with Crippen LogP contribution in [0.1, 0.15) is 37.6 Å². The number of carbonyl (C=O) groups is 4. The van der Waals surface area contributed by atoms with E-state index in [-0.39, 0.29) is 24.5 Å². The number of ether oxygens (including phenoxy) is 2. The molecule has 2 aliphatic heterocycles. The van der Waals surface area contributed by atoms with Crippen LogP contribution >= 0.6 is 23.5 Å². The maximum Gasteiger partial charge on any atom is 0.375 e. The summed E-state index contributed by atoms with van der Waals surface area (Å²) in [6.07, 6.45) is 1.21. The first-order valence-electron chi connectivity index (χ1n) is 13.5. The maximum atomic E-state index is 14.7. The van der Waals surface area contributed by atoms with Crippen LogP contribution in [-0.4, -0.2) is 59.1 Å². The Bertz CT molecular complexity index is 1640. The summed E-state index contributed by atoms with van der Waals surface area (Å²) in [5.74, 6) is -0.866. The lowest BCUT2D eigenvalue weighted by Gasteiger charge is -2.52. The maximum absolute atomic E-state index is 14.7. The topological polar surface area (TPSA) is 150 Å². The minimum atomic E-state index is -1.90. The highest BCUT2D eigenvalue weighted by Gasteiger charge is 2.72. The zero-order valence-corrected chi connectivity index (χ0v) is 25.6. The quantitative estimate of drug-likeness (QED) is 0.361. The monoisotopic (exact) mass is 632 g/mol. The molecule has 44 heavy (non-hydrogen) atoms.